The Morgan fingerprint density at radius 1 is 1.21 bits per heavy atom. The first-order valence-corrected chi connectivity index (χ1v) is 11.1. The number of nitrogens with one attached hydrogen (secondary N) is 1. The van der Waals surface area contributed by atoms with E-state index in [1.807, 2.05) is 41.3 Å². The Bertz CT molecular complexity index is 681. The number of aliphatic hydroxyl groups is 1. The first-order valence-electron chi connectivity index (χ1n) is 11.1. The first-order chi connectivity index (χ1) is 14.1. The topological polar surface area (TPSA) is 52.6 Å². The number of piperidine rings is 1. The number of nitrogens with zero attached hydrogens (tertiary/aromatic N) is 1. The molecule has 29 heavy (non-hydrogen) atoms. The van der Waals surface area contributed by atoms with Crippen molar-refractivity contribution in [1.29, 1.82) is 0 Å². The summed E-state index contributed by atoms with van der Waals surface area (Å²) in [4.78, 5) is 15.9. The molecule has 1 aliphatic heterocycles. The van der Waals surface area contributed by atoms with Gasteiger partial charge in [0.2, 0.25) is 0 Å². The van der Waals surface area contributed by atoms with Crippen LogP contribution in [0.25, 0.3) is 0 Å². The summed E-state index contributed by atoms with van der Waals surface area (Å²) in [6, 6.07) is 9.57. The number of hydrogen-bond acceptors (Lipinski definition) is 3. The number of amides is 1. The monoisotopic (exact) mass is 402 g/mol. The predicted octanol–water partition coefficient (Wildman–Crippen LogP) is 3.95. The van der Waals surface area contributed by atoms with Crippen LogP contribution < -0.4 is 5.32 Å². The van der Waals surface area contributed by atoms with Crippen molar-refractivity contribution in [3.8, 4) is 0 Å². The molecule has 5 heteroatoms. The molecule has 0 bridgehead atoms. The molecule has 1 saturated heterocycles. The van der Waals surface area contributed by atoms with Crippen LogP contribution >= 0.6 is 0 Å². The number of allylic oxidation sites excluding steroid dienone is 1. The van der Waals surface area contributed by atoms with Gasteiger partial charge in [-0.1, -0.05) is 49.2 Å². The van der Waals surface area contributed by atoms with E-state index in [1.165, 1.54) is 0 Å². The van der Waals surface area contributed by atoms with Crippen LogP contribution in [0.4, 0.5) is 4.39 Å². The summed E-state index contributed by atoms with van der Waals surface area (Å²) in [7, 11) is 0. The maximum Gasteiger partial charge on any atom is 0.259 e. The second-order valence-corrected chi connectivity index (χ2v) is 8.57. The van der Waals surface area contributed by atoms with Crippen LogP contribution in [0.5, 0.6) is 0 Å². The highest BCUT2D eigenvalue weighted by Crippen LogP contribution is 2.42. The second-order valence-electron chi connectivity index (χ2n) is 8.57. The predicted molar refractivity (Wildman–Crippen MR) is 114 cm³/mol. The van der Waals surface area contributed by atoms with E-state index < -0.39 is 12.3 Å². The molecule has 1 atom stereocenters. The Labute approximate surface area is 174 Å². The van der Waals surface area contributed by atoms with E-state index >= 15 is 0 Å². The lowest BCUT2D eigenvalue weighted by Crippen LogP contribution is -2.56. The van der Waals surface area contributed by atoms with E-state index in [9.17, 15) is 14.3 Å². The van der Waals surface area contributed by atoms with Crippen molar-refractivity contribution in [2.75, 3.05) is 26.3 Å². The fraction of sp³-hybridized carbons (Fsp3) is 0.625. The van der Waals surface area contributed by atoms with E-state index in [2.05, 4.69) is 5.32 Å². The van der Waals surface area contributed by atoms with Gasteiger partial charge in [-0.2, -0.15) is 0 Å². The summed E-state index contributed by atoms with van der Waals surface area (Å²) in [5.74, 6) is -0.224. The van der Waals surface area contributed by atoms with Crippen LogP contribution in [0.15, 0.2) is 42.0 Å². The van der Waals surface area contributed by atoms with E-state index in [0.29, 0.717) is 24.1 Å². The minimum Gasteiger partial charge on any atom is -0.375 e. The van der Waals surface area contributed by atoms with Crippen LogP contribution in [-0.2, 0) is 10.4 Å². The van der Waals surface area contributed by atoms with Crippen molar-refractivity contribution in [2.24, 2.45) is 5.92 Å². The number of alkyl halides is 1. The second kappa shape index (κ2) is 10.4. The maximum atomic E-state index is 14.0. The molecule has 2 fully saturated rings. The zero-order valence-corrected chi connectivity index (χ0v) is 17.6. The number of rotatable bonds is 8. The molecule has 0 spiro atoms. The zero-order chi connectivity index (χ0) is 20.7. The molecule has 1 aromatic rings. The Balaban J connectivity index is 1.91. The van der Waals surface area contributed by atoms with E-state index in [-0.39, 0.29) is 17.9 Å². The molecular formula is C24H35FN2O2. The normalized spacial score (nSPS) is 21.1. The summed E-state index contributed by atoms with van der Waals surface area (Å²) < 4.78 is 12.8. The molecule has 2 N–H and O–H groups in total. The van der Waals surface area contributed by atoms with Crippen molar-refractivity contribution < 1.29 is 14.3 Å². The molecule has 0 aromatic heterocycles. The zero-order valence-electron chi connectivity index (χ0n) is 17.6. The average Bonchev–Trinajstić information content (AvgIpc) is 3.32. The van der Waals surface area contributed by atoms with Crippen molar-refractivity contribution in [3.05, 3.63) is 47.5 Å². The Morgan fingerprint density at radius 3 is 2.48 bits per heavy atom. The molecule has 3 rings (SSSR count). The molecule has 0 radical (unpaired) electrons. The lowest BCUT2D eigenvalue weighted by Gasteiger charge is -2.42. The van der Waals surface area contributed by atoms with Crippen LogP contribution in [-0.4, -0.2) is 48.3 Å². The highest BCUT2D eigenvalue weighted by Gasteiger charge is 2.49. The summed E-state index contributed by atoms with van der Waals surface area (Å²) >= 11 is 0. The number of halogens is 1. The smallest absolute Gasteiger partial charge is 0.259 e. The van der Waals surface area contributed by atoms with Gasteiger partial charge in [0, 0.05) is 18.5 Å². The number of carbonyl (C=O) groups excluding carboxylic acids is 1. The molecule has 4 nitrogen and oxygen atoms in total. The van der Waals surface area contributed by atoms with Gasteiger partial charge < -0.3 is 15.3 Å². The molecule has 1 amide bonds. The quantitative estimate of drug-likeness (QED) is 0.648. The van der Waals surface area contributed by atoms with Gasteiger partial charge in [0.25, 0.3) is 5.91 Å². The molecule has 1 aromatic carbocycles. The molecule has 160 valence electrons. The molecule has 2 aliphatic rings. The average molecular weight is 403 g/mol. The first kappa shape index (κ1) is 22.0. The van der Waals surface area contributed by atoms with Gasteiger partial charge >= 0.3 is 0 Å². The third-order valence-corrected chi connectivity index (χ3v) is 6.57. The third kappa shape index (κ3) is 5.07. The minimum atomic E-state index is -1.48. The van der Waals surface area contributed by atoms with Crippen LogP contribution in [0.3, 0.4) is 0 Å². The minimum absolute atomic E-state index is 0.0512. The molecule has 1 heterocycles. The van der Waals surface area contributed by atoms with Crippen LogP contribution in [0, 0.1) is 5.92 Å². The maximum absolute atomic E-state index is 14.0. The van der Waals surface area contributed by atoms with Crippen molar-refractivity contribution >= 4 is 5.91 Å². The van der Waals surface area contributed by atoms with Gasteiger partial charge in [-0.15, -0.1) is 0 Å². The standard InChI is InChI=1S/C24H35FN2O2/c1-19(18-25)8-7-17-27(22-13-15-26-16-14-22)23(28)24(29,21-11-5-6-12-21)20-9-3-2-4-10-20/h2-4,8-10,21-22,26,29H,5-7,11-18H2,1H3/b19-8+. The highest BCUT2D eigenvalue weighted by atomic mass is 19.1. The van der Waals surface area contributed by atoms with Gasteiger partial charge in [-0.05, 0) is 63.3 Å². The third-order valence-electron chi connectivity index (χ3n) is 6.57. The van der Waals surface area contributed by atoms with Gasteiger partial charge in [-0.3, -0.25) is 4.79 Å². The number of benzene rings is 1. The fourth-order valence-electron chi connectivity index (χ4n) is 4.86. The molecule has 1 aliphatic carbocycles. The van der Waals surface area contributed by atoms with Crippen molar-refractivity contribution in [2.45, 2.75) is 63.5 Å². The molecular weight excluding hydrogens is 367 g/mol. The van der Waals surface area contributed by atoms with E-state index in [0.717, 1.165) is 51.6 Å². The van der Waals surface area contributed by atoms with Gasteiger partial charge in [0.1, 0.15) is 6.67 Å². The summed E-state index contributed by atoms with van der Waals surface area (Å²) in [5.41, 5.74) is -0.0928. The summed E-state index contributed by atoms with van der Waals surface area (Å²) in [5, 5.41) is 15.3. The lowest BCUT2D eigenvalue weighted by atomic mass is 9.78. The summed E-state index contributed by atoms with van der Waals surface area (Å²) in [6.07, 6.45) is 8.10. The van der Waals surface area contributed by atoms with E-state index in [1.54, 1.807) is 6.92 Å². The highest BCUT2D eigenvalue weighted by molar-refractivity contribution is 5.87. The number of hydrogen-bond donors (Lipinski definition) is 2. The van der Waals surface area contributed by atoms with Gasteiger partial charge in [0.15, 0.2) is 5.60 Å². The molecule has 1 saturated carbocycles. The van der Waals surface area contributed by atoms with Crippen molar-refractivity contribution in [1.82, 2.24) is 10.2 Å². The fourth-order valence-corrected chi connectivity index (χ4v) is 4.86. The van der Waals surface area contributed by atoms with Gasteiger partial charge in [-0.25, -0.2) is 4.39 Å². The van der Waals surface area contributed by atoms with Crippen LogP contribution in [0.2, 0.25) is 0 Å². The van der Waals surface area contributed by atoms with Gasteiger partial charge in [0.05, 0.1) is 0 Å². The Morgan fingerprint density at radius 2 is 1.86 bits per heavy atom. The van der Waals surface area contributed by atoms with Crippen molar-refractivity contribution in [3.63, 3.8) is 0 Å². The molecule has 1 unspecified atom stereocenters. The number of carbonyl (C=O) groups is 1. The Kier molecular flexibility index (Phi) is 7.84. The van der Waals surface area contributed by atoms with E-state index in [4.69, 9.17) is 0 Å². The lowest BCUT2D eigenvalue weighted by molar-refractivity contribution is -0.162. The summed E-state index contributed by atoms with van der Waals surface area (Å²) in [6.45, 7) is 3.58. The SMILES string of the molecule is C/C(=C\CCN(C(=O)C(O)(c1ccccc1)C1CCCC1)C1CCNCC1)CF. The largest absolute Gasteiger partial charge is 0.375 e. The Hall–Kier alpha value is -1.72. The van der Waals surface area contributed by atoms with Crippen LogP contribution in [0.1, 0.15) is 57.4 Å².